The highest BCUT2D eigenvalue weighted by Crippen LogP contribution is 2.39. The van der Waals surface area contributed by atoms with Gasteiger partial charge < -0.3 is 0 Å². The number of nitrogens with zero attached hydrogens (tertiary/aromatic N) is 8. The standard InChI is InChI=1S/C16H6F6N8/c1-5-6(2)28-10-8(26-4-24)12-11(7(25-3-23)9(10)27-5)29-13(15(17,18)19)14(30-12)16(20,21)22/h1-2H3/b25-7-,26-8+. The summed E-state index contributed by atoms with van der Waals surface area (Å²) in [6, 6.07) is 0. The summed E-state index contributed by atoms with van der Waals surface area (Å²) in [5.41, 5.74) is -7.35. The van der Waals surface area contributed by atoms with E-state index >= 15 is 0 Å². The van der Waals surface area contributed by atoms with Crippen molar-refractivity contribution in [3.05, 3.63) is 45.6 Å². The number of halogens is 6. The highest BCUT2D eigenvalue weighted by Gasteiger charge is 2.48. The molecule has 152 valence electrons. The van der Waals surface area contributed by atoms with Crippen LogP contribution in [0.25, 0.3) is 0 Å². The molecule has 0 bridgehead atoms. The fraction of sp³-hybridized carbons (Fsp3) is 0.250. The highest BCUT2D eigenvalue weighted by molar-refractivity contribution is 6.29. The molecule has 0 N–H and O–H groups in total. The van der Waals surface area contributed by atoms with Crippen molar-refractivity contribution in [1.82, 2.24) is 19.9 Å². The average molecular weight is 424 g/mol. The van der Waals surface area contributed by atoms with E-state index in [2.05, 4.69) is 29.9 Å². The highest BCUT2D eigenvalue weighted by atomic mass is 19.4. The van der Waals surface area contributed by atoms with Gasteiger partial charge in [0.2, 0.25) is 12.4 Å². The molecule has 2 aromatic heterocycles. The van der Waals surface area contributed by atoms with E-state index in [4.69, 9.17) is 10.5 Å². The molecule has 0 saturated carbocycles. The Labute approximate surface area is 163 Å². The molecule has 3 rings (SSSR count). The van der Waals surface area contributed by atoms with Crippen molar-refractivity contribution in [1.29, 1.82) is 10.5 Å². The van der Waals surface area contributed by atoms with Gasteiger partial charge >= 0.3 is 12.4 Å². The van der Waals surface area contributed by atoms with Crippen molar-refractivity contribution < 1.29 is 26.3 Å². The van der Waals surface area contributed by atoms with Crippen molar-refractivity contribution >= 4 is 11.4 Å². The number of alkyl halides is 6. The van der Waals surface area contributed by atoms with Crippen molar-refractivity contribution in [2.75, 3.05) is 0 Å². The summed E-state index contributed by atoms with van der Waals surface area (Å²) in [6.45, 7) is 3.01. The van der Waals surface area contributed by atoms with Crippen molar-refractivity contribution in [2.45, 2.75) is 26.2 Å². The maximum Gasteiger partial charge on any atom is 0.435 e. The van der Waals surface area contributed by atoms with Crippen LogP contribution in [0, 0.1) is 36.8 Å². The van der Waals surface area contributed by atoms with Gasteiger partial charge in [-0.05, 0) is 13.8 Å². The van der Waals surface area contributed by atoms with Gasteiger partial charge in [0.05, 0.1) is 11.4 Å². The Hall–Kier alpha value is -3.94. The summed E-state index contributed by atoms with van der Waals surface area (Å²) >= 11 is 0. The minimum absolute atomic E-state index is 0.261. The van der Waals surface area contributed by atoms with Gasteiger partial charge in [0.15, 0.2) is 11.4 Å². The van der Waals surface area contributed by atoms with E-state index in [1.807, 2.05) is 0 Å². The second-order valence-electron chi connectivity index (χ2n) is 5.83. The number of rotatable bonds is 0. The molecule has 0 spiro atoms. The van der Waals surface area contributed by atoms with Gasteiger partial charge in [-0.15, -0.1) is 0 Å². The molecule has 0 aliphatic heterocycles. The Balaban J connectivity index is 2.53. The molecule has 0 radical (unpaired) electrons. The monoisotopic (exact) mass is 424 g/mol. The third-order valence-corrected chi connectivity index (χ3v) is 3.96. The molecule has 0 atom stereocenters. The van der Waals surface area contributed by atoms with E-state index < -0.39 is 46.6 Å². The summed E-state index contributed by atoms with van der Waals surface area (Å²) in [5, 5.41) is 17.9. The Morgan fingerprint density at radius 3 is 1.20 bits per heavy atom. The molecular formula is C16H6F6N8. The van der Waals surface area contributed by atoms with Crippen molar-refractivity contribution in [2.24, 2.45) is 9.98 Å². The molecule has 30 heavy (non-hydrogen) atoms. The fourth-order valence-corrected chi connectivity index (χ4v) is 2.63. The summed E-state index contributed by atoms with van der Waals surface area (Å²) in [6.07, 6.45) is -8.35. The number of aliphatic imine (C=N–C) groups is 2. The van der Waals surface area contributed by atoms with Gasteiger partial charge in [-0.1, -0.05) is 0 Å². The summed E-state index contributed by atoms with van der Waals surface area (Å²) in [4.78, 5) is 21.1. The second kappa shape index (κ2) is 6.84. The number of fused-ring (bicyclic) bond motifs is 2. The zero-order chi connectivity index (χ0) is 22.4. The van der Waals surface area contributed by atoms with Crippen LogP contribution in [-0.4, -0.2) is 31.4 Å². The van der Waals surface area contributed by atoms with E-state index in [1.54, 1.807) is 0 Å². The van der Waals surface area contributed by atoms with E-state index in [9.17, 15) is 26.3 Å². The maximum absolute atomic E-state index is 13.3. The van der Waals surface area contributed by atoms with Crippen LogP contribution in [0.2, 0.25) is 0 Å². The smallest absolute Gasteiger partial charge is 0.247 e. The quantitative estimate of drug-likeness (QED) is 0.404. The van der Waals surface area contributed by atoms with Gasteiger partial charge in [0.25, 0.3) is 0 Å². The van der Waals surface area contributed by atoms with Crippen LogP contribution >= 0.6 is 0 Å². The molecule has 0 saturated heterocycles. The molecule has 1 aliphatic rings. The maximum atomic E-state index is 13.3. The lowest BCUT2D eigenvalue weighted by Crippen LogP contribution is -2.32. The molecule has 0 amide bonds. The average Bonchev–Trinajstić information content (AvgIpc) is 2.63. The third kappa shape index (κ3) is 3.32. The van der Waals surface area contributed by atoms with Gasteiger partial charge in [-0.25, -0.2) is 19.9 Å². The van der Waals surface area contributed by atoms with Gasteiger partial charge in [-0.3, -0.25) is 0 Å². The molecule has 14 heteroatoms. The van der Waals surface area contributed by atoms with Crippen LogP contribution in [0.5, 0.6) is 0 Å². The van der Waals surface area contributed by atoms with E-state index in [0.717, 1.165) is 0 Å². The lowest BCUT2D eigenvalue weighted by atomic mass is 9.95. The predicted octanol–water partition coefficient (Wildman–Crippen LogP) is 2.87. The number of hydrogen-bond acceptors (Lipinski definition) is 8. The van der Waals surface area contributed by atoms with Gasteiger partial charge in [0, 0.05) is 0 Å². The Bertz CT molecular complexity index is 1120. The van der Waals surface area contributed by atoms with E-state index in [1.165, 1.54) is 26.2 Å². The lowest BCUT2D eigenvalue weighted by molar-refractivity contribution is -0.167. The minimum atomic E-state index is -5.52. The van der Waals surface area contributed by atoms with Crippen molar-refractivity contribution in [3.63, 3.8) is 0 Å². The first-order chi connectivity index (χ1) is 13.9. The van der Waals surface area contributed by atoms with Crippen LogP contribution in [-0.2, 0) is 12.4 Å². The summed E-state index contributed by atoms with van der Waals surface area (Å²) in [7, 11) is 0. The molecule has 0 fully saturated rings. The predicted molar refractivity (Wildman–Crippen MR) is 86.0 cm³/mol. The molecule has 0 unspecified atom stereocenters. The largest absolute Gasteiger partial charge is 0.435 e. The first kappa shape index (κ1) is 20.8. The van der Waals surface area contributed by atoms with Crippen LogP contribution in [0.15, 0.2) is 9.98 Å². The number of aromatic nitrogens is 4. The zero-order valence-electron chi connectivity index (χ0n) is 14.8. The third-order valence-electron chi connectivity index (χ3n) is 3.96. The molecule has 1 aliphatic carbocycles. The first-order valence-electron chi connectivity index (χ1n) is 7.76. The van der Waals surface area contributed by atoms with Crippen LogP contribution < -0.4 is 0 Å². The van der Waals surface area contributed by atoms with E-state index in [0.29, 0.717) is 11.4 Å². The van der Waals surface area contributed by atoms with Crippen LogP contribution in [0.4, 0.5) is 26.3 Å². The van der Waals surface area contributed by atoms with Gasteiger partial charge in [-0.2, -0.15) is 46.9 Å². The fourth-order valence-electron chi connectivity index (χ4n) is 2.63. The molecule has 2 aromatic rings. The number of hydrogen-bond donors (Lipinski definition) is 0. The topological polar surface area (TPSA) is 124 Å². The zero-order valence-corrected chi connectivity index (χ0v) is 14.8. The van der Waals surface area contributed by atoms with Gasteiger partial charge in [0.1, 0.15) is 34.2 Å². The Morgan fingerprint density at radius 2 is 0.933 bits per heavy atom. The number of nitriles is 2. The number of aryl methyl sites for hydroxylation is 2. The lowest BCUT2D eigenvalue weighted by Gasteiger charge is -2.23. The summed E-state index contributed by atoms with van der Waals surface area (Å²) < 4.78 is 79.8. The minimum Gasteiger partial charge on any atom is -0.247 e. The van der Waals surface area contributed by atoms with Crippen LogP contribution in [0.3, 0.4) is 0 Å². The van der Waals surface area contributed by atoms with Crippen molar-refractivity contribution in [3.8, 4) is 12.4 Å². The molecule has 8 nitrogen and oxygen atoms in total. The van der Waals surface area contributed by atoms with E-state index in [-0.39, 0.29) is 11.4 Å². The second-order valence-corrected chi connectivity index (χ2v) is 5.83. The molecule has 2 heterocycles. The molecular weight excluding hydrogens is 418 g/mol. The Morgan fingerprint density at radius 1 is 0.633 bits per heavy atom. The van der Waals surface area contributed by atoms with Crippen LogP contribution in [0.1, 0.15) is 45.6 Å². The Kier molecular flexibility index (Phi) is 4.74. The first-order valence-corrected chi connectivity index (χ1v) is 7.76. The molecule has 0 aromatic carbocycles. The summed E-state index contributed by atoms with van der Waals surface area (Å²) in [5.74, 6) is 0. The normalized spacial score (nSPS) is 16.1. The SMILES string of the molecule is Cc1nc2c(nc1C)/C(=N\C#N)c1nc(C(F)(F)F)c(C(F)(F)F)nc1/C2=N\C#N.